The monoisotopic (exact) mass is 212 g/mol. The van der Waals surface area contributed by atoms with E-state index in [9.17, 15) is 8.78 Å². The maximum absolute atomic E-state index is 13.6. The molecule has 1 fully saturated rings. The molecule has 2 rings (SSSR count). The topological polar surface area (TPSA) is 29.3 Å². The average molecular weight is 212 g/mol. The first kappa shape index (κ1) is 10.4. The van der Waals surface area contributed by atoms with Crippen LogP contribution < -0.4 is 10.6 Å². The van der Waals surface area contributed by atoms with Gasteiger partial charge in [0.25, 0.3) is 0 Å². The van der Waals surface area contributed by atoms with Gasteiger partial charge in [-0.15, -0.1) is 0 Å². The maximum atomic E-state index is 13.6. The fourth-order valence-corrected chi connectivity index (χ4v) is 1.94. The molecule has 1 aliphatic heterocycles. The summed E-state index contributed by atoms with van der Waals surface area (Å²) in [6.07, 6.45) is 2.08. The number of nitrogens with zero attached hydrogens (tertiary/aromatic N) is 1. The molecule has 0 saturated carbocycles. The van der Waals surface area contributed by atoms with Gasteiger partial charge in [0.1, 0.15) is 0 Å². The van der Waals surface area contributed by atoms with Crippen molar-refractivity contribution in [2.45, 2.75) is 19.4 Å². The second kappa shape index (κ2) is 4.14. The Balaban J connectivity index is 2.36. The molecule has 0 amide bonds. The van der Waals surface area contributed by atoms with Crippen LogP contribution in [-0.2, 0) is 6.54 Å². The summed E-state index contributed by atoms with van der Waals surface area (Å²) in [7, 11) is 0. The van der Waals surface area contributed by atoms with Gasteiger partial charge in [0.2, 0.25) is 0 Å². The van der Waals surface area contributed by atoms with Crippen molar-refractivity contribution in [3.8, 4) is 0 Å². The van der Waals surface area contributed by atoms with E-state index < -0.39 is 11.6 Å². The lowest BCUT2D eigenvalue weighted by molar-refractivity contribution is 0.498. The molecule has 0 radical (unpaired) electrons. The number of nitrogens with two attached hydrogens (primary N) is 1. The molecule has 0 aliphatic carbocycles. The van der Waals surface area contributed by atoms with Gasteiger partial charge < -0.3 is 10.6 Å². The highest BCUT2D eigenvalue weighted by Crippen LogP contribution is 2.26. The highest BCUT2D eigenvalue weighted by atomic mass is 19.2. The van der Waals surface area contributed by atoms with Crippen molar-refractivity contribution in [1.82, 2.24) is 0 Å². The molecule has 1 aliphatic rings. The molecule has 0 spiro atoms. The van der Waals surface area contributed by atoms with Gasteiger partial charge in [-0.05, 0) is 18.9 Å². The average Bonchev–Trinajstić information content (AvgIpc) is 2.75. The summed E-state index contributed by atoms with van der Waals surface area (Å²) >= 11 is 0. The van der Waals surface area contributed by atoms with Gasteiger partial charge in [0.15, 0.2) is 11.6 Å². The van der Waals surface area contributed by atoms with E-state index in [-0.39, 0.29) is 12.1 Å². The molecule has 0 unspecified atom stereocenters. The lowest BCUT2D eigenvalue weighted by Gasteiger charge is -2.19. The minimum atomic E-state index is -0.804. The Morgan fingerprint density at radius 2 is 1.80 bits per heavy atom. The van der Waals surface area contributed by atoms with Crippen molar-refractivity contribution in [1.29, 1.82) is 0 Å². The third-order valence-corrected chi connectivity index (χ3v) is 2.81. The Hall–Kier alpha value is -1.16. The Morgan fingerprint density at radius 1 is 1.13 bits per heavy atom. The van der Waals surface area contributed by atoms with E-state index in [1.54, 1.807) is 12.1 Å². The zero-order chi connectivity index (χ0) is 10.8. The summed E-state index contributed by atoms with van der Waals surface area (Å²) in [6, 6.07) is 3.18. The number of hydrogen-bond acceptors (Lipinski definition) is 2. The third-order valence-electron chi connectivity index (χ3n) is 2.81. The second-order valence-corrected chi connectivity index (χ2v) is 3.77. The molecule has 1 aromatic rings. The number of anilines is 1. The van der Waals surface area contributed by atoms with E-state index in [1.165, 1.54) is 0 Å². The Labute approximate surface area is 87.7 Å². The van der Waals surface area contributed by atoms with E-state index >= 15 is 0 Å². The Bertz CT molecular complexity index is 360. The fourth-order valence-electron chi connectivity index (χ4n) is 1.94. The first-order valence-electron chi connectivity index (χ1n) is 5.16. The van der Waals surface area contributed by atoms with Gasteiger partial charge in [-0.25, -0.2) is 8.78 Å². The van der Waals surface area contributed by atoms with E-state index in [4.69, 9.17) is 5.73 Å². The standard InChI is InChI=1S/C11H14F2N2/c12-10-8(7-14)3-4-9(11(10)13)15-5-1-2-6-15/h3-4H,1-2,5-7,14H2. The quantitative estimate of drug-likeness (QED) is 0.812. The van der Waals surface area contributed by atoms with Crippen molar-refractivity contribution in [2.24, 2.45) is 5.73 Å². The van der Waals surface area contributed by atoms with Crippen molar-refractivity contribution in [3.05, 3.63) is 29.3 Å². The van der Waals surface area contributed by atoms with Crippen LogP contribution in [-0.4, -0.2) is 13.1 Å². The van der Waals surface area contributed by atoms with E-state index in [1.807, 2.05) is 4.90 Å². The van der Waals surface area contributed by atoms with Crippen LogP contribution in [0, 0.1) is 11.6 Å². The molecule has 2 N–H and O–H groups in total. The highest BCUT2D eigenvalue weighted by molar-refractivity contribution is 5.50. The largest absolute Gasteiger partial charge is 0.369 e. The number of hydrogen-bond donors (Lipinski definition) is 1. The molecule has 0 atom stereocenters. The molecule has 0 aromatic heterocycles. The Kier molecular flexibility index (Phi) is 2.86. The Morgan fingerprint density at radius 3 is 2.40 bits per heavy atom. The molecular weight excluding hydrogens is 198 g/mol. The second-order valence-electron chi connectivity index (χ2n) is 3.77. The van der Waals surface area contributed by atoms with Gasteiger partial charge in [-0.3, -0.25) is 0 Å². The minimum absolute atomic E-state index is 0.0308. The summed E-state index contributed by atoms with van der Waals surface area (Å²) in [4.78, 5) is 1.87. The highest BCUT2D eigenvalue weighted by Gasteiger charge is 2.19. The molecule has 15 heavy (non-hydrogen) atoms. The number of benzene rings is 1. The SMILES string of the molecule is NCc1ccc(N2CCCC2)c(F)c1F. The van der Waals surface area contributed by atoms with Gasteiger partial charge in [0.05, 0.1) is 5.69 Å². The molecule has 0 bridgehead atoms. The third kappa shape index (κ3) is 1.81. The van der Waals surface area contributed by atoms with Gasteiger partial charge in [-0.1, -0.05) is 6.07 Å². The van der Waals surface area contributed by atoms with Crippen molar-refractivity contribution in [3.63, 3.8) is 0 Å². The van der Waals surface area contributed by atoms with Crippen molar-refractivity contribution in [2.75, 3.05) is 18.0 Å². The number of rotatable bonds is 2. The first-order chi connectivity index (χ1) is 7.24. The summed E-state index contributed by atoms with van der Waals surface area (Å²) < 4.78 is 27.1. The van der Waals surface area contributed by atoms with Crippen LogP contribution in [0.2, 0.25) is 0 Å². The van der Waals surface area contributed by atoms with Crippen LogP contribution in [0.25, 0.3) is 0 Å². The van der Waals surface area contributed by atoms with Crippen LogP contribution in [0.5, 0.6) is 0 Å². The summed E-state index contributed by atoms with van der Waals surface area (Å²) in [5.41, 5.74) is 5.90. The zero-order valence-electron chi connectivity index (χ0n) is 8.47. The van der Waals surface area contributed by atoms with Gasteiger partial charge >= 0.3 is 0 Å². The molecule has 1 aromatic carbocycles. The predicted molar refractivity (Wildman–Crippen MR) is 55.7 cm³/mol. The van der Waals surface area contributed by atoms with Crippen LogP contribution >= 0.6 is 0 Å². The molecule has 82 valence electrons. The molecule has 2 nitrogen and oxygen atoms in total. The maximum Gasteiger partial charge on any atom is 0.182 e. The van der Waals surface area contributed by atoms with Crippen LogP contribution in [0.15, 0.2) is 12.1 Å². The van der Waals surface area contributed by atoms with Crippen LogP contribution in [0.1, 0.15) is 18.4 Å². The first-order valence-corrected chi connectivity index (χ1v) is 5.16. The van der Waals surface area contributed by atoms with Crippen LogP contribution in [0.4, 0.5) is 14.5 Å². The van der Waals surface area contributed by atoms with Gasteiger partial charge in [0, 0.05) is 25.2 Å². The summed E-state index contributed by atoms with van der Waals surface area (Å²) in [5, 5.41) is 0. The minimum Gasteiger partial charge on any atom is -0.369 e. The van der Waals surface area contributed by atoms with E-state index in [0.29, 0.717) is 5.69 Å². The molecule has 1 saturated heterocycles. The zero-order valence-corrected chi connectivity index (χ0v) is 8.47. The van der Waals surface area contributed by atoms with E-state index in [0.717, 1.165) is 25.9 Å². The normalized spacial score (nSPS) is 16.1. The molecule has 4 heteroatoms. The molecule has 1 heterocycles. The van der Waals surface area contributed by atoms with E-state index in [2.05, 4.69) is 0 Å². The summed E-state index contributed by atoms with van der Waals surface area (Å²) in [6.45, 7) is 1.64. The summed E-state index contributed by atoms with van der Waals surface area (Å²) in [5.74, 6) is -1.57. The van der Waals surface area contributed by atoms with Crippen LogP contribution in [0.3, 0.4) is 0 Å². The number of halogens is 2. The lowest BCUT2D eigenvalue weighted by atomic mass is 10.1. The smallest absolute Gasteiger partial charge is 0.182 e. The lowest BCUT2D eigenvalue weighted by Crippen LogP contribution is -2.20. The fraction of sp³-hybridized carbons (Fsp3) is 0.455. The molecular formula is C11H14F2N2. The van der Waals surface area contributed by atoms with Crippen molar-refractivity contribution >= 4 is 5.69 Å². The van der Waals surface area contributed by atoms with Crippen molar-refractivity contribution < 1.29 is 8.78 Å². The predicted octanol–water partition coefficient (Wildman–Crippen LogP) is 2.02. The van der Waals surface area contributed by atoms with Gasteiger partial charge in [-0.2, -0.15) is 0 Å².